The molecular formula is C27H31N3O7S2. The standard InChI is InChI=1S/C27H31N3O7S2/c1-19-14-16-30(17-15-19)27(31)25-18-24(12-13-26(25)37-3)39(34,35)29-21-6-10-23(11-7-21)38(32,33)28-20-4-8-22(36-2)9-5-20/h4-13,18-19,28-29H,14-17H2,1-3H3. The van der Waals surface area contributed by atoms with E-state index in [4.69, 9.17) is 9.47 Å². The molecule has 1 aliphatic heterocycles. The Balaban J connectivity index is 1.51. The normalized spacial score (nSPS) is 14.5. The van der Waals surface area contributed by atoms with Crippen LogP contribution in [0.2, 0.25) is 0 Å². The number of carbonyl (C=O) groups is 1. The minimum atomic E-state index is -4.09. The summed E-state index contributed by atoms with van der Waals surface area (Å²) in [5.74, 6) is 1.13. The smallest absolute Gasteiger partial charge is 0.261 e. The number of hydrogen-bond acceptors (Lipinski definition) is 7. The van der Waals surface area contributed by atoms with Crippen molar-refractivity contribution in [3.63, 3.8) is 0 Å². The van der Waals surface area contributed by atoms with Crippen LogP contribution in [0.5, 0.6) is 11.5 Å². The maximum Gasteiger partial charge on any atom is 0.261 e. The number of piperidine rings is 1. The van der Waals surface area contributed by atoms with E-state index >= 15 is 0 Å². The fourth-order valence-corrected chi connectivity index (χ4v) is 6.34. The van der Waals surface area contributed by atoms with Crippen molar-refractivity contribution in [1.82, 2.24) is 4.90 Å². The summed E-state index contributed by atoms with van der Waals surface area (Å²) in [4.78, 5) is 14.7. The minimum Gasteiger partial charge on any atom is -0.497 e. The molecule has 0 unspecified atom stereocenters. The monoisotopic (exact) mass is 573 g/mol. The molecule has 3 aromatic carbocycles. The van der Waals surface area contributed by atoms with Crippen LogP contribution in [0, 0.1) is 5.92 Å². The first kappa shape index (κ1) is 28.2. The molecule has 208 valence electrons. The van der Waals surface area contributed by atoms with Crippen molar-refractivity contribution in [3.05, 3.63) is 72.3 Å². The first-order valence-corrected chi connectivity index (χ1v) is 15.3. The van der Waals surface area contributed by atoms with Crippen LogP contribution < -0.4 is 18.9 Å². The number of hydrogen-bond donors (Lipinski definition) is 2. The van der Waals surface area contributed by atoms with Crippen LogP contribution in [0.1, 0.15) is 30.1 Å². The third-order valence-electron chi connectivity index (χ3n) is 6.54. The Labute approximate surface area is 229 Å². The molecule has 0 atom stereocenters. The van der Waals surface area contributed by atoms with Gasteiger partial charge in [0.2, 0.25) is 0 Å². The highest BCUT2D eigenvalue weighted by Crippen LogP contribution is 2.28. The Hall–Kier alpha value is -3.77. The number of ether oxygens (including phenoxy) is 2. The predicted molar refractivity (Wildman–Crippen MR) is 148 cm³/mol. The van der Waals surface area contributed by atoms with Crippen LogP contribution in [0.3, 0.4) is 0 Å². The van der Waals surface area contributed by atoms with Crippen molar-refractivity contribution in [2.75, 3.05) is 36.8 Å². The summed E-state index contributed by atoms with van der Waals surface area (Å²) in [6.45, 7) is 3.34. The Bertz CT molecular complexity index is 1530. The summed E-state index contributed by atoms with van der Waals surface area (Å²) in [6.07, 6.45) is 1.77. The zero-order valence-electron chi connectivity index (χ0n) is 21.9. The highest BCUT2D eigenvalue weighted by atomic mass is 32.2. The Kier molecular flexibility index (Phi) is 8.36. The Morgan fingerprint density at radius 1 is 0.769 bits per heavy atom. The molecule has 0 radical (unpaired) electrons. The molecule has 0 spiro atoms. The summed E-state index contributed by atoms with van der Waals surface area (Å²) in [5, 5.41) is 0. The van der Waals surface area contributed by atoms with Crippen molar-refractivity contribution in [1.29, 1.82) is 0 Å². The van der Waals surface area contributed by atoms with Crippen molar-refractivity contribution in [3.8, 4) is 11.5 Å². The van der Waals surface area contributed by atoms with Crippen LogP contribution in [0.15, 0.2) is 76.5 Å². The Morgan fingerprint density at radius 3 is 1.82 bits per heavy atom. The van der Waals surface area contributed by atoms with Gasteiger partial charge in [0.1, 0.15) is 11.5 Å². The van der Waals surface area contributed by atoms with E-state index in [1.54, 1.807) is 29.2 Å². The fraction of sp³-hybridized carbons (Fsp3) is 0.296. The van der Waals surface area contributed by atoms with Gasteiger partial charge in [-0.25, -0.2) is 16.8 Å². The summed E-state index contributed by atoms with van der Waals surface area (Å²) < 4.78 is 67.1. The summed E-state index contributed by atoms with van der Waals surface area (Å²) in [5.41, 5.74) is 0.678. The topological polar surface area (TPSA) is 131 Å². The molecule has 1 saturated heterocycles. The number of amides is 1. The number of anilines is 2. The van der Waals surface area contributed by atoms with Crippen molar-refractivity contribution in [2.24, 2.45) is 5.92 Å². The molecule has 1 amide bonds. The minimum absolute atomic E-state index is 0.0468. The lowest BCUT2D eigenvalue weighted by Gasteiger charge is -2.30. The van der Waals surface area contributed by atoms with Crippen LogP contribution in [0.4, 0.5) is 11.4 Å². The van der Waals surface area contributed by atoms with Gasteiger partial charge in [0, 0.05) is 24.5 Å². The quantitative estimate of drug-likeness (QED) is 0.393. The summed E-state index contributed by atoms with van der Waals surface area (Å²) in [6, 6.07) is 15.8. The van der Waals surface area contributed by atoms with E-state index in [1.165, 1.54) is 56.7 Å². The number of methoxy groups -OCH3 is 2. The second-order valence-electron chi connectivity index (χ2n) is 9.30. The van der Waals surface area contributed by atoms with E-state index in [2.05, 4.69) is 16.4 Å². The molecule has 12 heteroatoms. The van der Waals surface area contributed by atoms with Gasteiger partial charge in [0.15, 0.2) is 0 Å². The van der Waals surface area contributed by atoms with Crippen LogP contribution in [-0.4, -0.2) is 55.0 Å². The highest BCUT2D eigenvalue weighted by Gasteiger charge is 2.26. The molecule has 0 aromatic heterocycles. The van der Waals surface area contributed by atoms with Gasteiger partial charge in [-0.2, -0.15) is 0 Å². The molecule has 0 saturated carbocycles. The average Bonchev–Trinajstić information content (AvgIpc) is 2.93. The molecule has 4 rings (SSSR count). The van der Waals surface area contributed by atoms with Gasteiger partial charge in [-0.05, 0) is 85.5 Å². The van der Waals surface area contributed by atoms with E-state index in [0.717, 1.165) is 12.8 Å². The lowest BCUT2D eigenvalue weighted by molar-refractivity contribution is 0.0693. The van der Waals surface area contributed by atoms with Gasteiger partial charge >= 0.3 is 0 Å². The zero-order chi connectivity index (χ0) is 28.2. The van der Waals surface area contributed by atoms with E-state index < -0.39 is 20.0 Å². The van der Waals surface area contributed by atoms with E-state index in [0.29, 0.717) is 30.4 Å². The molecule has 1 fully saturated rings. The molecule has 3 aromatic rings. The van der Waals surface area contributed by atoms with Crippen LogP contribution in [-0.2, 0) is 20.0 Å². The third-order valence-corrected chi connectivity index (χ3v) is 9.32. The van der Waals surface area contributed by atoms with Gasteiger partial charge in [0.25, 0.3) is 26.0 Å². The molecular weight excluding hydrogens is 542 g/mol. The fourth-order valence-electron chi connectivity index (χ4n) is 4.19. The number of rotatable bonds is 9. The molecule has 10 nitrogen and oxygen atoms in total. The van der Waals surface area contributed by atoms with E-state index in [1.807, 2.05) is 0 Å². The lowest BCUT2D eigenvalue weighted by Crippen LogP contribution is -2.38. The van der Waals surface area contributed by atoms with E-state index in [9.17, 15) is 21.6 Å². The predicted octanol–water partition coefficient (Wildman–Crippen LogP) is 4.18. The SMILES string of the molecule is COc1ccc(NS(=O)(=O)c2ccc(NS(=O)(=O)c3ccc(OC)c(C(=O)N4CCC(C)CC4)c3)cc2)cc1. The summed E-state index contributed by atoms with van der Waals surface area (Å²) in [7, 11) is -5.06. The molecule has 1 aliphatic rings. The summed E-state index contributed by atoms with van der Waals surface area (Å²) >= 11 is 0. The van der Waals surface area contributed by atoms with Crippen LogP contribution in [0.25, 0.3) is 0 Å². The maximum absolute atomic E-state index is 13.2. The number of nitrogens with one attached hydrogen (secondary N) is 2. The first-order chi connectivity index (χ1) is 18.5. The number of sulfonamides is 2. The Morgan fingerprint density at radius 2 is 1.28 bits per heavy atom. The number of carbonyl (C=O) groups excluding carboxylic acids is 1. The van der Waals surface area contributed by atoms with Crippen molar-refractivity contribution >= 4 is 37.3 Å². The van der Waals surface area contributed by atoms with Crippen molar-refractivity contribution < 1.29 is 31.1 Å². The van der Waals surface area contributed by atoms with Crippen LogP contribution >= 0.6 is 0 Å². The first-order valence-electron chi connectivity index (χ1n) is 12.3. The lowest BCUT2D eigenvalue weighted by atomic mass is 9.98. The molecule has 1 heterocycles. The molecule has 2 N–H and O–H groups in total. The number of nitrogens with zero attached hydrogens (tertiary/aromatic N) is 1. The van der Waals surface area contributed by atoms with Gasteiger partial charge in [-0.1, -0.05) is 6.92 Å². The second kappa shape index (κ2) is 11.5. The molecule has 39 heavy (non-hydrogen) atoms. The highest BCUT2D eigenvalue weighted by molar-refractivity contribution is 7.93. The number of likely N-dealkylation sites (tertiary alicyclic amines) is 1. The second-order valence-corrected chi connectivity index (χ2v) is 12.7. The van der Waals surface area contributed by atoms with Gasteiger partial charge in [-0.15, -0.1) is 0 Å². The third kappa shape index (κ3) is 6.63. The van der Waals surface area contributed by atoms with Crippen molar-refractivity contribution in [2.45, 2.75) is 29.6 Å². The number of benzene rings is 3. The maximum atomic E-state index is 13.2. The van der Waals surface area contributed by atoms with Gasteiger partial charge < -0.3 is 14.4 Å². The molecule has 0 aliphatic carbocycles. The zero-order valence-corrected chi connectivity index (χ0v) is 23.5. The molecule has 0 bridgehead atoms. The van der Waals surface area contributed by atoms with Gasteiger partial charge in [0.05, 0.1) is 29.6 Å². The van der Waals surface area contributed by atoms with E-state index in [-0.39, 0.29) is 32.7 Å². The largest absolute Gasteiger partial charge is 0.497 e. The average molecular weight is 574 g/mol. The van der Waals surface area contributed by atoms with Gasteiger partial charge in [-0.3, -0.25) is 14.2 Å².